The molecule has 0 atom stereocenters. The predicted molar refractivity (Wildman–Crippen MR) is 75.7 cm³/mol. The SMILES string of the molecule is COC(=O)c1scc(C)c1S(=O)(=O)NCc1cc(C)no1. The van der Waals surface area contributed by atoms with Crippen molar-refractivity contribution < 1.29 is 22.5 Å². The fraction of sp³-hybridized carbons (Fsp3) is 0.333. The number of nitrogens with zero attached hydrogens (tertiary/aromatic N) is 1. The van der Waals surface area contributed by atoms with Gasteiger partial charge < -0.3 is 9.26 Å². The predicted octanol–water partition coefficient (Wildman–Crippen LogP) is 1.62. The number of nitrogens with one attached hydrogen (secondary N) is 1. The van der Waals surface area contributed by atoms with Gasteiger partial charge in [-0.3, -0.25) is 0 Å². The number of methoxy groups -OCH3 is 1. The van der Waals surface area contributed by atoms with Crippen molar-refractivity contribution in [3.63, 3.8) is 0 Å². The highest BCUT2D eigenvalue weighted by atomic mass is 32.2. The summed E-state index contributed by atoms with van der Waals surface area (Å²) >= 11 is 1.03. The summed E-state index contributed by atoms with van der Waals surface area (Å²) in [4.78, 5) is 11.6. The molecule has 7 nitrogen and oxygen atoms in total. The zero-order valence-electron chi connectivity index (χ0n) is 11.7. The molecule has 2 aromatic heterocycles. The Hall–Kier alpha value is -1.71. The number of aromatic nitrogens is 1. The minimum atomic E-state index is -3.85. The van der Waals surface area contributed by atoms with Gasteiger partial charge in [-0.25, -0.2) is 17.9 Å². The minimum absolute atomic E-state index is 0.0426. The van der Waals surface area contributed by atoms with Crippen LogP contribution in [0, 0.1) is 13.8 Å². The number of carbonyl (C=O) groups excluding carboxylic acids is 1. The number of sulfonamides is 1. The monoisotopic (exact) mass is 330 g/mol. The van der Waals surface area contributed by atoms with Crippen LogP contribution in [0.4, 0.5) is 0 Å². The topological polar surface area (TPSA) is 98.5 Å². The van der Waals surface area contributed by atoms with Gasteiger partial charge in [-0.1, -0.05) is 5.16 Å². The van der Waals surface area contributed by atoms with Gasteiger partial charge in [-0.2, -0.15) is 0 Å². The number of hydrogen-bond donors (Lipinski definition) is 1. The largest absolute Gasteiger partial charge is 0.465 e. The van der Waals surface area contributed by atoms with Crippen molar-refractivity contribution in [3.05, 3.63) is 33.3 Å². The number of hydrogen-bond acceptors (Lipinski definition) is 7. The van der Waals surface area contributed by atoms with Gasteiger partial charge >= 0.3 is 5.97 Å². The summed E-state index contributed by atoms with van der Waals surface area (Å²) in [5, 5.41) is 5.27. The van der Waals surface area contributed by atoms with E-state index < -0.39 is 16.0 Å². The first-order chi connectivity index (χ1) is 9.85. The lowest BCUT2D eigenvalue weighted by atomic mass is 10.3. The summed E-state index contributed by atoms with van der Waals surface area (Å²) < 4.78 is 36.7. The first-order valence-corrected chi connectivity index (χ1v) is 8.29. The third-order valence-electron chi connectivity index (χ3n) is 2.67. The molecule has 0 fully saturated rings. The molecule has 0 bridgehead atoms. The Morgan fingerprint density at radius 2 is 2.19 bits per heavy atom. The van der Waals surface area contributed by atoms with Crippen molar-refractivity contribution in [3.8, 4) is 0 Å². The Kier molecular flexibility index (Phi) is 4.45. The molecular formula is C12H14N2O5S2. The van der Waals surface area contributed by atoms with E-state index >= 15 is 0 Å². The van der Waals surface area contributed by atoms with Crippen molar-refractivity contribution in [2.45, 2.75) is 25.3 Å². The number of esters is 1. The number of thiophene rings is 1. The Balaban J connectivity index is 2.27. The van der Waals surface area contributed by atoms with Crippen LogP contribution in [-0.2, 0) is 21.3 Å². The molecule has 0 aliphatic carbocycles. The maximum atomic E-state index is 12.4. The van der Waals surface area contributed by atoms with E-state index in [9.17, 15) is 13.2 Å². The minimum Gasteiger partial charge on any atom is -0.465 e. The maximum Gasteiger partial charge on any atom is 0.349 e. The van der Waals surface area contributed by atoms with E-state index in [0.717, 1.165) is 11.3 Å². The van der Waals surface area contributed by atoms with E-state index in [1.54, 1.807) is 25.3 Å². The van der Waals surface area contributed by atoms with Gasteiger partial charge in [0.25, 0.3) is 0 Å². The molecule has 1 N–H and O–H groups in total. The number of rotatable bonds is 5. The van der Waals surface area contributed by atoms with E-state index in [2.05, 4.69) is 14.6 Å². The molecule has 21 heavy (non-hydrogen) atoms. The second-order valence-electron chi connectivity index (χ2n) is 4.33. The molecule has 0 saturated heterocycles. The van der Waals surface area contributed by atoms with Crippen molar-refractivity contribution in [1.29, 1.82) is 0 Å². The van der Waals surface area contributed by atoms with E-state index in [4.69, 9.17) is 4.52 Å². The summed E-state index contributed by atoms with van der Waals surface area (Å²) in [6.45, 7) is 3.31. The molecule has 0 aromatic carbocycles. The highest BCUT2D eigenvalue weighted by Crippen LogP contribution is 2.27. The summed E-state index contributed by atoms with van der Waals surface area (Å²) in [6, 6.07) is 1.63. The molecule has 9 heteroatoms. The molecule has 0 radical (unpaired) electrons. The molecular weight excluding hydrogens is 316 g/mol. The van der Waals surface area contributed by atoms with E-state index in [1.165, 1.54) is 7.11 Å². The number of ether oxygens (including phenoxy) is 1. The molecule has 0 saturated carbocycles. The summed E-state index contributed by atoms with van der Waals surface area (Å²) in [6.07, 6.45) is 0. The van der Waals surface area contributed by atoms with Gasteiger partial charge in [0.2, 0.25) is 10.0 Å². The highest BCUT2D eigenvalue weighted by molar-refractivity contribution is 7.89. The molecule has 2 aromatic rings. The van der Waals surface area contributed by atoms with Gasteiger partial charge in [-0.15, -0.1) is 11.3 Å². The Morgan fingerprint density at radius 3 is 2.76 bits per heavy atom. The second-order valence-corrected chi connectivity index (χ2v) is 6.91. The quantitative estimate of drug-likeness (QED) is 0.836. The van der Waals surface area contributed by atoms with E-state index in [-0.39, 0.29) is 16.3 Å². The first kappa shape index (κ1) is 15.7. The number of aryl methyl sites for hydroxylation is 2. The molecule has 0 spiro atoms. The lowest BCUT2D eigenvalue weighted by Crippen LogP contribution is -2.25. The third kappa shape index (κ3) is 3.31. The van der Waals surface area contributed by atoms with Crippen LogP contribution in [0.1, 0.15) is 26.7 Å². The van der Waals surface area contributed by atoms with Gasteiger partial charge in [0.05, 0.1) is 19.3 Å². The van der Waals surface area contributed by atoms with Crippen LogP contribution in [0.25, 0.3) is 0 Å². The zero-order chi connectivity index (χ0) is 15.6. The summed E-state index contributed by atoms with van der Waals surface area (Å²) in [5.74, 6) is -0.285. The normalized spacial score (nSPS) is 11.6. The van der Waals surface area contributed by atoms with Crippen molar-refractivity contribution >= 4 is 27.3 Å². The van der Waals surface area contributed by atoms with Crippen LogP contribution in [0.3, 0.4) is 0 Å². The second kappa shape index (κ2) is 5.96. The summed E-state index contributed by atoms with van der Waals surface area (Å²) in [7, 11) is -2.64. The lowest BCUT2D eigenvalue weighted by Gasteiger charge is -2.07. The first-order valence-electron chi connectivity index (χ1n) is 5.93. The fourth-order valence-corrected chi connectivity index (χ4v) is 4.43. The molecule has 0 aliphatic heterocycles. The number of carbonyl (C=O) groups is 1. The lowest BCUT2D eigenvalue weighted by molar-refractivity contribution is 0.0602. The highest BCUT2D eigenvalue weighted by Gasteiger charge is 2.27. The fourth-order valence-electron chi connectivity index (χ4n) is 1.74. The van der Waals surface area contributed by atoms with Gasteiger partial charge in [0, 0.05) is 6.07 Å². The van der Waals surface area contributed by atoms with Gasteiger partial charge in [0.1, 0.15) is 9.77 Å². The Morgan fingerprint density at radius 1 is 1.48 bits per heavy atom. The molecule has 114 valence electrons. The molecule has 0 amide bonds. The van der Waals surface area contributed by atoms with Gasteiger partial charge in [0.15, 0.2) is 5.76 Å². The van der Waals surface area contributed by atoms with Crippen LogP contribution in [0.2, 0.25) is 0 Å². The van der Waals surface area contributed by atoms with Crippen molar-refractivity contribution in [1.82, 2.24) is 9.88 Å². The average Bonchev–Trinajstić information content (AvgIpc) is 3.02. The van der Waals surface area contributed by atoms with E-state index in [0.29, 0.717) is 17.0 Å². The smallest absolute Gasteiger partial charge is 0.349 e. The zero-order valence-corrected chi connectivity index (χ0v) is 13.3. The van der Waals surface area contributed by atoms with Crippen LogP contribution >= 0.6 is 11.3 Å². The van der Waals surface area contributed by atoms with Crippen LogP contribution in [0.15, 0.2) is 20.9 Å². The molecule has 0 aliphatic rings. The van der Waals surface area contributed by atoms with Crippen molar-refractivity contribution in [2.24, 2.45) is 0 Å². The third-order valence-corrected chi connectivity index (χ3v) is 5.47. The Labute approximate surface area is 126 Å². The van der Waals surface area contributed by atoms with E-state index in [1.807, 2.05) is 0 Å². The molecule has 2 heterocycles. The standard InChI is InChI=1S/C12H14N2O5S2/c1-7-6-20-10(12(15)18-3)11(7)21(16,17)13-5-9-4-8(2)14-19-9/h4,6,13H,5H2,1-3H3. The molecule has 2 rings (SSSR count). The van der Waals surface area contributed by atoms with Gasteiger partial charge in [-0.05, 0) is 24.8 Å². The average molecular weight is 330 g/mol. The van der Waals surface area contributed by atoms with Crippen LogP contribution < -0.4 is 4.72 Å². The Bertz CT molecular complexity index is 760. The van der Waals surface area contributed by atoms with Crippen LogP contribution in [0.5, 0.6) is 0 Å². The summed E-state index contributed by atoms with van der Waals surface area (Å²) in [5.41, 5.74) is 1.15. The molecule has 0 unspecified atom stereocenters. The van der Waals surface area contributed by atoms with Crippen LogP contribution in [-0.4, -0.2) is 26.7 Å². The van der Waals surface area contributed by atoms with Crippen molar-refractivity contribution in [2.75, 3.05) is 7.11 Å². The maximum absolute atomic E-state index is 12.4.